The summed E-state index contributed by atoms with van der Waals surface area (Å²) in [6.45, 7) is 7.29. The van der Waals surface area contributed by atoms with Gasteiger partial charge in [-0.25, -0.2) is 0 Å². The van der Waals surface area contributed by atoms with Gasteiger partial charge in [0.05, 0.1) is 12.7 Å². The number of rotatable bonds is 3. The maximum absolute atomic E-state index is 6.37. The first-order valence-electron chi connectivity index (χ1n) is 6.49. The zero-order valence-corrected chi connectivity index (χ0v) is 11.1. The monoisotopic (exact) mass is 233 g/mol. The molecule has 0 amide bonds. The molecule has 2 heteroatoms. The molecule has 1 aromatic carbocycles. The molecule has 0 spiro atoms. The quantitative estimate of drug-likeness (QED) is 0.871. The maximum atomic E-state index is 6.37. The molecule has 0 aromatic heterocycles. The van der Waals surface area contributed by atoms with Gasteiger partial charge in [-0.05, 0) is 36.8 Å². The van der Waals surface area contributed by atoms with Crippen LogP contribution in [-0.4, -0.2) is 12.1 Å². The normalized spacial score (nSPS) is 23.2. The highest BCUT2D eigenvalue weighted by Gasteiger charge is 2.30. The van der Waals surface area contributed by atoms with Crippen LogP contribution in [-0.2, 0) is 11.2 Å². The van der Waals surface area contributed by atoms with Gasteiger partial charge in [0.2, 0.25) is 0 Å². The molecule has 0 aliphatic carbocycles. The van der Waals surface area contributed by atoms with E-state index in [0.717, 1.165) is 19.4 Å². The van der Waals surface area contributed by atoms with Gasteiger partial charge in [-0.3, -0.25) is 0 Å². The van der Waals surface area contributed by atoms with Gasteiger partial charge in [-0.2, -0.15) is 0 Å². The van der Waals surface area contributed by atoms with Crippen LogP contribution in [0.2, 0.25) is 0 Å². The van der Waals surface area contributed by atoms with Crippen LogP contribution in [0.5, 0.6) is 0 Å². The predicted molar refractivity (Wildman–Crippen MR) is 70.9 cm³/mol. The summed E-state index contributed by atoms with van der Waals surface area (Å²) in [5.41, 5.74) is 8.95. The molecule has 1 aliphatic rings. The van der Waals surface area contributed by atoms with Crippen molar-refractivity contribution in [2.75, 3.05) is 6.61 Å². The molecule has 2 atom stereocenters. The van der Waals surface area contributed by atoms with E-state index in [2.05, 4.69) is 45.0 Å². The number of ether oxygens (including phenoxy) is 1. The van der Waals surface area contributed by atoms with Crippen LogP contribution >= 0.6 is 0 Å². The lowest BCUT2D eigenvalue weighted by Crippen LogP contribution is -2.43. The molecule has 1 aliphatic heterocycles. The van der Waals surface area contributed by atoms with Crippen molar-refractivity contribution < 1.29 is 4.74 Å². The van der Waals surface area contributed by atoms with E-state index in [1.165, 1.54) is 11.1 Å². The molecule has 2 N–H and O–H groups in total. The Morgan fingerprint density at radius 1 is 1.41 bits per heavy atom. The molecule has 0 saturated carbocycles. The Hall–Kier alpha value is -0.860. The van der Waals surface area contributed by atoms with E-state index in [1.54, 1.807) is 0 Å². The number of hydrogen-bond acceptors (Lipinski definition) is 2. The first kappa shape index (κ1) is 12.6. The van der Waals surface area contributed by atoms with Gasteiger partial charge >= 0.3 is 0 Å². The molecule has 94 valence electrons. The third kappa shape index (κ3) is 2.70. The molecule has 0 fully saturated rings. The lowest BCUT2D eigenvalue weighted by atomic mass is 9.81. The Kier molecular flexibility index (Phi) is 3.55. The molecule has 1 heterocycles. The fraction of sp³-hybridized carbons (Fsp3) is 0.600. The molecular weight excluding hydrogens is 210 g/mol. The summed E-state index contributed by atoms with van der Waals surface area (Å²) in [4.78, 5) is 0. The molecule has 17 heavy (non-hydrogen) atoms. The Morgan fingerprint density at radius 3 is 2.82 bits per heavy atom. The van der Waals surface area contributed by atoms with Crippen molar-refractivity contribution in [3.8, 4) is 0 Å². The predicted octanol–water partition coefficient (Wildman–Crippen LogP) is 3.06. The van der Waals surface area contributed by atoms with Gasteiger partial charge in [0.15, 0.2) is 0 Å². The van der Waals surface area contributed by atoms with E-state index in [0.29, 0.717) is 5.92 Å². The minimum Gasteiger partial charge on any atom is -0.373 e. The van der Waals surface area contributed by atoms with Gasteiger partial charge in [-0.1, -0.05) is 38.1 Å². The first-order chi connectivity index (χ1) is 8.00. The van der Waals surface area contributed by atoms with Crippen LogP contribution in [0.1, 0.15) is 44.4 Å². The van der Waals surface area contributed by atoms with Gasteiger partial charge in [0, 0.05) is 5.54 Å². The molecule has 2 unspecified atom stereocenters. The second kappa shape index (κ2) is 4.79. The summed E-state index contributed by atoms with van der Waals surface area (Å²) in [7, 11) is 0. The van der Waals surface area contributed by atoms with Crippen molar-refractivity contribution in [1.82, 2.24) is 0 Å². The van der Waals surface area contributed by atoms with Crippen LogP contribution in [0.15, 0.2) is 24.3 Å². The minimum atomic E-state index is -0.172. The third-order valence-electron chi connectivity index (χ3n) is 4.04. The highest BCUT2D eigenvalue weighted by atomic mass is 16.5. The van der Waals surface area contributed by atoms with E-state index in [4.69, 9.17) is 10.5 Å². The Balaban J connectivity index is 2.19. The summed E-state index contributed by atoms with van der Waals surface area (Å²) in [5.74, 6) is 0.459. The first-order valence-corrected chi connectivity index (χ1v) is 6.49. The van der Waals surface area contributed by atoms with Crippen molar-refractivity contribution in [3.05, 3.63) is 35.4 Å². The molecule has 0 radical (unpaired) electrons. The second-order valence-electron chi connectivity index (χ2n) is 5.67. The maximum Gasteiger partial charge on any atom is 0.0845 e. The largest absolute Gasteiger partial charge is 0.373 e. The summed E-state index contributed by atoms with van der Waals surface area (Å²) in [5, 5.41) is 0. The van der Waals surface area contributed by atoms with E-state index in [-0.39, 0.29) is 11.6 Å². The van der Waals surface area contributed by atoms with Crippen molar-refractivity contribution in [1.29, 1.82) is 0 Å². The topological polar surface area (TPSA) is 35.2 Å². The van der Waals surface area contributed by atoms with Crippen LogP contribution in [0.3, 0.4) is 0 Å². The molecule has 0 saturated heterocycles. The lowest BCUT2D eigenvalue weighted by Gasteiger charge is -2.35. The summed E-state index contributed by atoms with van der Waals surface area (Å²) < 4.78 is 5.91. The summed E-state index contributed by atoms with van der Waals surface area (Å²) in [6.07, 6.45) is 2.08. The summed E-state index contributed by atoms with van der Waals surface area (Å²) >= 11 is 0. The van der Waals surface area contributed by atoms with Gasteiger partial charge in [0.25, 0.3) is 0 Å². The molecular formula is C15H23NO. The van der Waals surface area contributed by atoms with Crippen molar-refractivity contribution in [3.63, 3.8) is 0 Å². The zero-order valence-electron chi connectivity index (χ0n) is 11.1. The van der Waals surface area contributed by atoms with Crippen molar-refractivity contribution >= 4 is 0 Å². The third-order valence-corrected chi connectivity index (χ3v) is 4.04. The zero-order chi connectivity index (χ0) is 12.5. The van der Waals surface area contributed by atoms with E-state index in [9.17, 15) is 0 Å². The van der Waals surface area contributed by atoms with Crippen LogP contribution in [0, 0.1) is 5.92 Å². The standard InChI is InChI=1S/C15H23NO/c1-11(2)15(3,16)10-14-13-7-5-4-6-12(13)8-9-17-14/h4-7,11,14H,8-10,16H2,1-3H3. The smallest absolute Gasteiger partial charge is 0.0845 e. The fourth-order valence-electron chi connectivity index (χ4n) is 2.28. The fourth-order valence-corrected chi connectivity index (χ4v) is 2.28. The van der Waals surface area contributed by atoms with Crippen LogP contribution in [0.4, 0.5) is 0 Å². The minimum absolute atomic E-state index is 0.164. The van der Waals surface area contributed by atoms with Gasteiger partial charge < -0.3 is 10.5 Å². The lowest BCUT2D eigenvalue weighted by molar-refractivity contribution is 0.0170. The van der Waals surface area contributed by atoms with E-state index < -0.39 is 0 Å². The van der Waals surface area contributed by atoms with Crippen molar-refractivity contribution in [2.45, 2.75) is 45.3 Å². The van der Waals surface area contributed by atoms with Gasteiger partial charge in [0.1, 0.15) is 0 Å². The van der Waals surface area contributed by atoms with Crippen LogP contribution in [0.25, 0.3) is 0 Å². The number of hydrogen-bond donors (Lipinski definition) is 1. The Morgan fingerprint density at radius 2 is 2.12 bits per heavy atom. The van der Waals surface area contributed by atoms with E-state index in [1.807, 2.05) is 0 Å². The molecule has 2 rings (SSSR count). The average Bonchev–Trinajstić information content (AvgIpc) is 2.29. The highest BCUT2D eigenvalue weighted by Crippen LogP contribution is 2.34. The highest BCUT2D eigenvalue weighted by molar-refractivity contribution is 5.31. The number of nitrogens with two attached hydrogens (primary N) is 1. The SMILES string of the molecule is CC(C)C(C)(N)CC1OCCc2ccccc21. The number of benzene rings is 1. The van der Waals surface area contributed by atoms with Gasteiger partial charge in [-0.15, -0.1) is 0 Å². The molecule has 0 bridgehead atoms. The van der Waals surface area contributed by atoms with Crippen molar-refractivity contribution in [2.24, 2.45) is 11.7 Å². The van der Waals surface area contributed by atoms with E-state index >= 15 is 0 Å². The average molecular weight is 233 g/mol. The Bertz CT molecular complexity index is 384. The van der Waals surface area contributed by atoms with Crippen LogP contribution < -0.4 is 5.73 Å². The Labute approximate surface area is 104 Å². The second-order valence-corrected chi connectivity index (χ2v) is 5.67. The molecule has 1 aromatic rings. The number of fused-ring (bicyclic) bond motifs is 1. The molecule has 2 nitrogen and oxygen atoms in total. The summed E-state index contributed by atoms with van der Waals surface area (Å²) in [6, 6.07) is 8.57.